The zero-order valence-corrected chi connectivity index (χ0v) is 17.9. The molecule has 2 aliphatic carbocycles. The first-order chi connectivity index (χ1) is 14.4. The summed E-state index contributed by atoms with van der Waals surface area (Å²) in [5, 5.41) is 6.37. The van der Waals surface area contributed by atoms with Crippen LogP contribution in [0.5, 0.6) is 11.5 Å². The molecule has 6 heteroatoms. The number of amides is 2. The molecule has 5 unspecified atom stereocenters. The molecule has 162 valence electrons. The number of hydrogen-bond donors (Lipinski definition) is 2. The number of carbonyl (C=O) groups excluding carboxylic acids is 2. The van der Waals surface area contributed by atoms with Crippen LogP contribution in [0.1, 0.15) is 57.9 Å². The summed E-state index contributed by atoms with van der Waals surface area (Å²) in [4.78, 5) is 25.0. The molecule has 0 bridgehead atoms. The highest BCUT2D eigenvalue weighted by Gasteiger charge is 2.48. The highest BCUT2D eigenvalue weighted by molar-refractivity contribution is 5.81. The van der Waals surface area contributed by atoms with Crippen molar-refractivity contribution >= 4 is 11.8 Å². The lowest BCUT2D eigenvalue weighted by Crippen LogP contribution is -2.57. The van der Waals surface area contributed by atoms with E-state index in [9.17, 15) is 9.59 Å². The van der Waals surface area contributed by atoms with Gasteiger partial charge in [-0.25, -0.2) is 0 Å². The van der Waals surface area contributed by atoms with Gasteiger partial charge in [0.05, 0.1) is 0 Å². The molecule has 2 aliphatic heterocycles. The molecule has 0 radical (unpaired) electrons. The maximum atomic E-state index is 12.6. The van der Waals surface area contributed by atoms with Gasteiger partial charge < -0.3 is 20.1 Å². The summed E-state index contributed by atoms with van der Waals surface area (Å²) < 4.78 is 11.8. The van der Waals surface area contributed by atoms with Crippen LogP contribution in [-0.4, -0.2) is 36.1 Å². The summed E-state index contributed by atoms with van der Waals surface area (Å²) in [6, 6.07) is 6.14. The standard InChI is InChI=1S/C24H32N2O4/c1-24(2)12-14-5-3-8-20(22(14)30-24)29-13-21(27)25-15-9-10-17-16-6-4-7-18(16)23(28)26-19(17)11-15/h3,5,8,15-19H,4,6-7,9-13H2,1-2H3,(H,25,27)(H,26,28). The van der Waals surface area contributed by atoms with Gasteiger partial charge in [0.25, 0.3) is 5.91 Å². The summed E-state index contributed by atoms with van der Waals surface area (Å²) in [5.74, 6) is 2.85. The van der Waals surface area contributed by atoms with E-state index in [0.717, 1.165) is 43.4 Å². The fourth-order valence-corrected chi connectivity index (χ4v) is 6.23. The first-order valence-corrected chi connectivity index (χ1v) is 11.4. The molecule has 2 saturated carbocycles. The molecule has 1 aromatic carbocycles. The van der Waals surface area contributed by atoms with Gasteiger partial charge in [0.2, 0.25) is 5.91 Å². The third-order valence-electron chi connectivity index (χ3n) is 7.47. The Morgan fingerprint density at radius 1 is 1.23 bits per heavy atom. The second kappa shape index (κ2) is 7.47. The predicted molar refractivity (Wildman–Crippen MR) is 112 cm³/mol. The van der Waals surface area contributed by atoms with E-state index in [-0.39, 0.29) is 42.0 Å². The minimum absolute atomic E-state index is 0.0259. The van der Waals surface area contributed by atoms with Gasteiger partial charge in [-0.2, -0.15) is 0 Å². The molecule has 2 N–H and O–H groups in total. The fourth-order valence-electron chi connectivity index (χ4n) is 6.23. The molecule has 6 nitrogen and oxygen atoms in total. The van der Waals surface area contributed by atoms with Crippen molar-refractivity contribution in [1.82, 2.24) is 10.6 Å². The van der Waals surface area contributed by atoms with E-state index in [1.54, 1.807) is 0 Å². The molecule has 2 heterocycles. The Morgan fingerprint density at radius 3 is 2.97 bits per heavy atom. The van der Waals surface area contributed by atoms with E-state index in [4.69, 9.17) is 9.47 Å². The van der Waals surface area contributed by atoms with Crippen molar-refractivity contribution in [3.05, 3.63) is 23.8 Å². The number of benzene rings is 1. The Bertz CT molecular complexity index is 852. The molecule has 3 fully saturated rings. The summed E-state index contributed by atoms with van der Waals surface area (Å²) >= 11 is 0. The van der Waals surface area contributed by atoms with Gasteiger partial charge in [-0.15, -0.1) is 0 Å². The highest BCUT2D eigenvalue weighted by atomic mass is 16.5. The largest absolute Gasteiger partial charge is 0.483 e. The van der Waals surface area contributed by atoms with Gasteiger partial charge in [-0.1, -0.05) is 18.6 Å². The molecule has 0 spiro atoms. The number of carbonyl (C=O) groups is 2. The van der Waals surface area contributed by atoms with Gasteiger partial charge >= 0.3 is 0 Å². The van der Waals surface area contributed by atoms with Crippen LogP contribution >= 0.6 is 0 Å². The maximum absolute atomic E-state index is 12.6. The molecule has 1 aromatic rings. The topological polar surface area (TPSA) is 76.7 Å². The van der Waals surface area contributed by atoms with Crippen LogP contribution in [0.25, 0.3) is 0 Å². The normalized spacial score (nSPS) is 33.5. The Kier molecular flexibility index (Phi) is 4.91. The number of rotatable bonds is 4. The fraction of sp³-hybridized carbons (Fsp3) is 0.667. The van der Waals surface area contributed by atoms with Crippen molar-refractivity contribution < 1.29 is 19.1 Å². The number of piperidine rings is 1. The third kappa shape index (κ3) is 3.65. The minimum Gasteiger partial charge on any atom is -0.483 e. The van der Waals surface area contributed by atoms with Crippen molar-refractivity contribution in [3.63, 3.8) is 0 Å². The highest BCUT2D eigenvalue weighted by Crippen LogP contribution is 2.46. The summed E-state index contributed by atoms with van der Waals surface area (Å²) in [6.07, 6.45) is 7.11. The summed E-state index contributed by atoms with van der Waals surface area (Å²) in [6.45, 7) is 4.08. The van der Waals surface area contributed by atoms with Crippen LogP contribution in [0.2, 0.25) is 0 Å². The number of nitrogens with one attached hydrogen (secondary N) is 2. The minimum atomic E-state index is -0.245. The van der Waals surface area contributed by atoms with Crippen LogP contribution < -0.4 is 20.1 Å². The molecule has 2 amide bonds. The Balaban J connectivity index is 1.15. The van der Waals surface area contributed by atoms with Gasteiger partial charge in [0.1, 0.15) is 5.60 Å². The van der Waals surface area contributed by atoms with Crippen LogP contribution in [0, 0.1) is 17.8 Å². The maximum Gasteiger partial charge on any atom is 0.258 e. The second-order valence-corrected chi connectivity index (χ2v) is 10.1. The molecule has 5 rings (SSSR count). The number of ether oxygens (including phenoxy) is 2. The average Bonchev–Trinajstić information content (AvgIpc) is 3.30. The van der Waals surface area contributed by atoms with Crippen molar-refractivity contribution in [2.75, 3.05) is 6.61 Å². The zero-order valence-electron chi connectivity index (χ0n) is 17.9. The zero-order chi connectivity index (χ0) is 20.9. The smallest absolute Gasteiger partial charge is 0.258 e. The first kappa shape index (κ1) is 19.7. The van der Waals surface area contributed by atoms with E-state index >= 15 is 0 Å². The second-order valence-electron chi connectivity index (χ2n) is 10.1. The Morgan fingerprint density at radius 2 is 2.10 bits per heavy atom. The molecule has 4 aliphatic rings. The molecular formula is C24H32N2O4. The quantitative estimate of drug-likeness (QED) is 0.797. The molecule has 30 heavy (non-hydrogen) atoms. The summed E-state index contributed by atoms with van der Waals surface area (Å²) in [5.41, 5.74) is 0.875. The summed E-state index contributed by atoms with van der Waals surface area (Å²) in [7, 11) is 0. The van der Waals surface area contributed by atoms with E-state index in [1.165, 1.54) is 12.8 Å². The lowest BCUT2D eigenvalue weighted by Gasteiger charge is -2.45. The SMILES string of the molecule is CC1(C)Cc2cccc(OCC(=O)NC3CCC4C(C3)NC(=O)C3CCCC34)c2O1. The predicted octanol–water partition coefficient (Wildman–Crippen LogP) is 2.98. The van der Waals surface area contributed by atoms with E-state index < -0.39 is 0 Å². The average molecular weight is 413 g/mol. The van der Waals surface area contributed by atoms with Crippen LogP contribution in [0.3, 0.4) is 0 Å². The van der Waals surface area contributed by atoms with Crippen molar-refractivity contribution in [2.24, 2.45) is 17.8 Å². The van der Waals surface area contributed by atoms with Crippen LogP contribution in [0.4, 0.5) is 0 Å². The molecule has 1 saturated heterocycles. The van der Waals surface area contributed by atoms with Crippen molar-refractivity contribution in [2.45, 2.75) is 76.5 Å². The van der Waals surface area contributed by atoms with Crippen molar-refractivity contribution in [1.29, 1.82) is 0 Å². The van der Waals surface area contributed by atoms with Crippen LogP contribution in [0.15, 0.2) is 18.2 Å². The van der Waals surface area contributed by atoms with E-state index in [0.29, 0.717) is 17.6 Å². The monoisotopic (exact) mass is 412 g/mol. The lowest BCUT2D eigenvalue weighted by atomic mass is 9.68. The number of fused-ring (bicyclic) bond motifs is 4. The Labute approximate surface area is 178 Å². The Hall–Kier alpha value is -2.24. The van der Waals surface area contributed by atoms with E-state index in [1.807, 2.05) is 18.2 Å². The van der Waals surface area contributed by atoms with Crippen LogP contribution in [-0.2, 0) is 16.0 Å². The number of hydrogen-bond acceptors (Lipinski definition) is 4. The van der Waals surface area contributed by atoms with Gasteiger partial charge in [-0.05, 0) is 63.9 Å². The molecular weight excluding hydrogens is 380 g/mol. The molecule has 5 atom stereocenters. The third-order valence-corrected chi connectivity index (χ3v) is 7.47. The van der Waals surface area contributed by atoms with Gasteiger partial charge in [-0.3, -0.25) is 9.59 Å². The number of para-hydroxylation sites is 1. The van der Waals surface area contributed by atoms with Crippen molar-refractivity contribution in [3.8, 4) is 11.5 Å². The first-order valence-electron chi connectivity index (χ1n) is 11.4. The lowest BCUT2D eigenvalue weighted by molar-refractivity contribution is -0.132. The van der Waals surface area contributed by atoms with Gasteiger partial charge in [0.15, 0.2) is 18.1 Å². The molecule has 0 aromatic heterocycles. The van der Waals surface area contributed by atoms with Gasteiger partial charge in [0, 0.05) is 30.0 Å². The van der Waals surface area contributed by atoms with E-state index in [2.05, 4.69) is 24.5 Å².